The Labute approximate surface area is 410 Å². The third-order valence-electron chi connectivity index (χ3n) is 13.9. The fourth-order valence-corrected chi connectivity index (χ4v) is 10.5. The maximum atomic E-state index is 11.8. The van der Waals surface area contributed by atoms with Crippen LogP contribution < -0.4 is 4.74 Å². The zero-order chi connectivity index (χ0) is 45.6. The van der Waals surface area contributed by atoms with E-state index in [1.165, 1.54) is 37.7 Å². The molecule has 4 heterocycles. The number of phenols is 1. The van der Waals surface area contributed by atoms with Crippen molar-refractivity contribution in [2.45, 2.75) is 78.1 Å². The van der Waals surface area contributed by atoms with Crippen molar-refractivity contribution in [3.8, 4) is 68.0 Å². The molecule has 0 unspecified atom stereocenters. The second-order valence-corrected chi connectivity index (χ2v) is 19.4. The molecule has 4 aromatic heterocycles. The SMILES string of the molecule is Cc1cccc(C)c1-n1c(-c2cc(-c3ccc(C4CCCCC4)cc3)ccc2O)nc2c(Oc3nc(-c4[c-]c5oc6cccc7oc(c4)c5c67)cc(C(C)(C)C)c3-c3ccccc3)cccc21.[Pt]. The molecule has 7 nitrogen and oxygen atoms in total. The minimum absolute atomic E-state index is 0. The van der Waals surface area contributed by atoms with Crippen LogP contribution in [0, 0.1) is 19.9 Å². The molecule has 0 atom stereocenters. The predicted molar refractivity (Wildman–Crippen MR) is 270 cm³/mol. The number of para-hydroxylation sites is 2. The zero-order valence-electron chi connectivity index (χ0n) is 38.7. The number of rotatable bonds is 8. The topological polar surface area (TPSA) is 86.5 Å². The van der Waals surface area contributed by atoms with Gasteiger partial charge in [-0.2, -0.15) is 0 Å². The molecular weight excluding hydrogens is 1020 g/mol. The average Bonchev–Trinajstić information content (AvgIpc) is 4.05. The van der Waals surface area contributed by atoms with Crippen LogP contribution in [0.1, 0.15) is 81.0 Å². The van der Waals surface area contributed by atoms with Crippen LogP contribution >= 0.6 is 0 Å². The van der Waals surface area contributed by atoms with Crippen LogP contribution in [0.4, 0.5) is 0 Å². The molecule has 7 aromatic carbocycles. The third-order valence-corrected chi connectivity index (χ3v) is 13.9. The first-order valence-electron chi connectivity index (χ1n) is 23.5. The molecule has 1 fully saturated rings. The molecule has 68 heavy (non-hydrogen) atoms. The number of imidazole rings is 1. The van der Waals surface area contributed by atoms with Crippen molar-refractivity contribution in [2.24, 2.45) is 0 Å². The molecule has 0 bridgehead atoms. The van der Waals surface area contributed by atoms with Crippen molar-refractivity contribution in [1.29, 1.82) is 0 Å². The van der Waals surface area contributed by atoms with Crippen LogP contribution in [0.3, 0.4) is 0 Å². The summed E-state index contributed by atoms with van der Waals surface area (Å²) in [6.07, 6.45) is 6.44. The zero-order valence-corrected chi connectivity index (χ0v) is 41.0. The molecule has 340 valence electrons. The van der Waals surface area contributed by atoms with Crippen molar-refractivity contribution >= 4 is 44.1 Å². The smallest absolute Gasteiger partial charge is 0.218 e. The monoisotopic (exact) mass is 1070 g/mol. The van der Waals surface area contributed by atoms with Gasteiger partial charge in [-0.1, -0.05) is 149 Å². The maximum Gasteiger partial charge on any atom is 0.218 e. The van der Waals surface area contributed by atoms with Gasteiger partial charge < -0.3 is 18.7 Å². The normalized spacial score (nSPS) is 13.5. The second-order valence-electron chi connectivity index (χ2n) is 19.4. The molecule has 1 aliphatic rings. The average molecular weight is 1070 g/mol. The van der Waals surface area contributed by atoms with Crippen molar-refractivity contribution in [1.82, 2.24) is 14.5 Å². The van der Waals surface area contributed by atoms with Crippen LogP contribution in [-0.4, -0.2) is 19.6 Å². The number of ether oxygens (including phenoxy) is 1. The van der Waals surface area contributed by atoms with Crippen LogP contribution in [0.2, 0.25) is 0 Å². The molecule has 12 rings (SSSR count). The van der Waals surface area contributed by atoms with E-state index in [1.54, 1.807) is 6.07 Å². The van der Waals surface area contributed by atoms with Crippen LogP contribution in [0.25, 0.3) is 94.7 Å². The molecule has 0 amide bonds. The number of furan rings is 2. The molecule has 1 saturated carbocycles. The van der Waals surface area contributed by atoms with Gasteiger partial charge in [-0.25, -0.2) is 4.98 Å². The molecule has 0 aliphatic heterocycles. The van der Waals surface area contributed by atoms with E-state index < -0.39 is 0 Å². The molecule has 0 radical (unpaired) electrons. The summed E-state index contributed by atoms with van der Waals surface area (Å²) in [5.74, 6) is 2.34. The van der Waals surface area contributed by atoms with Crippen molar-refractivity contribution < 1.29 is 39.7 Å². The summed E-state index contributed by atoms with van der Waals surface area (Å²) in [6.45, 7) is 10.9. The Hall–Kier alpha value is -6.95. The van der Waals surface area contributed by atoms with E-state index in [0.29, 0.717) is 45.7 Å². The summed E-state index contributed by atoms with van der Waals surface area (Å²) in [7, 11) is 0. The van der Waals surface area contributed by atoms with E-state index >= 15 is 0 Å². The van der Waals surface area contributed by atoms with Gasteiger partial charge in [-0.15, -0.1) is 5.56 Å². The van der Waals surface area contributed by atoms with Gasteiger partial charge in [0.05, 0.1) is 27.9 Å². The fraction of sp³-hybridized carbons (Fsp3) is 0.200. The van der Waals surface area contributed by atoms with Gasteiger partial charge in [0, 0.05) is 32.0 Å². The maximum absolute atomic E-state index is 11.8. The Kier molecular flexibility index (Phi) is 10.9. The van der Waals surface area contributed by atoms with E-state index in [4.69, 9.17) is 23.5 Å². The van der Waals surface area contributed by atoms with Crippen LogP contribution in [-0.2, 0) is 26.5 Å². The number of nitrogens with zero attached hydrogens (tertiary/aromatic N) is 3. The Bertz CT molecular complexity index is 3580. The van der Waals surface area contributed by atoms with E-state index in [9.17, 15) is 5.11 Å². The van der Waals surface area contributed by atoms with E-state index in [-0.39, 0.29) is 32.2 Å². The number of aromatic nitrogens is 3. The summed E-state index contributed by atoms with van der Waals surface area (Å²) >= 11 is 0. The fourth-order valence-electron chi connectivity index (χ4n) is 10.5. The number of benzene rings is 7. The molecule has 0 spiro atoms. The first-order chi connectivity index (χ1) is 32.6. The van der Waals surface area contributed by atoms with E-state index in [2.05, 4.69) is 118 Å². The number of phenolic OH excluding ortho intramolecular Hbond substituents is 1. The standard InChI is InChI=1S/C60H50N3O4.Pt/c1-35-15-12-16-36(2)57(35)63-46-21-13-24-50(56(46)62-58(63)43-31-41(29-30-47(43)64)39-27-25-38(26-28-39)37-17-8-6-9-18-37)67-59-53(40-19-10-7-11-20-40)44(60(3,4)5)34-45(61-59)42-32-51-55-52(33-42)66-49-23-14-22-48(65-51)54(49)55;/h7,10-16,19-32,34,37,64H,6,8-9,17-18H2,1-5H3;/q-1;. The van der Waals surface area contributed by atoms with Crippen LogP contribution in [0.15, 0.2) is 148 Å². The Balaban J connectivity index is 0.00000507. The molecule has 0 saturated heterocycles. The van der Waals surface area contributed by atoms with Gasteiger partial charge in [-0.3, -0.25) is 9.55 Å². The molecule has 11 aromatic rings. The van der Waals surface area contributed by atoms with Gasteiger partial charge in [0.15, 0.2) is 5.75 Å². The number of hydrogen-bond acceptors (Lipinski definition) is 6. The number of hydrogen-bond donors (Lipinski definition) is 1. The van der Waals surface area contributed by atoms with Gasteiger partial charge >= 0.3 is 0 Å². The summed E-state index contributed by atoms with van der Waals surface area (Å²) in [5.41, 5.74) is 15.6. The van der Waals surface area contributed by atoms with Gasteiger partial charge in [0.2, 0.25) is 5.88 Å². The van der Waals surface area contributed by atoms with Crippen molar-refractivity contribution in [3.05, 3.63) is 168 Å². The summed E-state index contributed by atoms with van der Waals surface area (Å²) < 4.78 is 22.1. The Morgan fingerprint density at radius 1 is 0.676 bits per heavy atom. The molecular formula is C60H50N3O4Pt-. The minimum Gasteiger partial charge on any atom is -0.507 e. The van der Waals surface area contributed by atoms with Gasteiger partial charge in [-0.05, 0) is 124 Å². The number of aromatic hydroxyl groups is 1. The first kappa shape index (κ1) is 43.6. The molecule has 1 aliphatic carbocycles. The summed E-state index contributed by atoms with van der Waals surface area (Å²) in [5, 5.41) is 13.7. The third kappa shape index (κ3) is 7.39. The van der Waals surface area contributed by atoms with Crippen molar-refractivity contribution in [3.63, 3.8) is 0 Å². The summed E-state index contributed by atoms with van der Waals surface area (Å²) in [6, 6.07) is 51.1. The van der Waals surface area contributed by atoms with Crippen molar-refractivity contribution in [2.75, 3.05) is 0 Å². The molecule has 8 heteroatoms. The van der Waals surface area contributed by atoms with Crippen LogP contribution in [0.5, 0.6) is 17.4 Å². The predicted octanol–water partition coefficient (Wildman–Crippen LogP) is 16.4. The summed E-state index contributed by atoms with van der Waals surface area (Å²) in [4.78, 5) is 10.8. The van der Waals surface area contributed by atoms with E-state index in [0.717, 1.165) is 83.2 Å². The Morgan fingerprint density at radius 2 is 1.38 bits per heavy atom. The van der Waals surface area contributed by atoms with Gasteiger partial charge in [0.1, 0.15) is 28.3 Å². The minimum atomic E-state index is -0.327. The number of aryl methyl sites for hydroxylation is 2. The number of pyridine rings is 1. The quantitative estimate of drug-likeness (QED) is 0.153. The second kappa shape index (κ2) is 17.0. The number of fused-ring (bicyclic) bond motifs is 1. The van der Waals surface area contributed by atoms with Gasteiger partial charge in [0.25, 0.3) is 0 Å². The molecule has 1 N–H and O–H groups in total. The largest absolute Gasteiger partial charge is 0.507 e. The van der Waals surface area contributed by atoms with E-state index in [1.807, 2.05) is 60.7 Å². The Morgan fingerprint density at radius 3 is 2.13 bits per heavy atom. The first-order valence-corrected chi connectivity index (χ1v) is 23.5.